The number of benzene rings is 2. The van der Waals surface area contributed by atoms with Gasteiger partial charge in [0.25, 0.3) is 0 Å². The van der Waals surface area contributed by atoms with Crippen molar-refractivity contribution in [3.63, 3.8) is 0 Å². The molecule has 0 spiro atoms. The van der Waals surface area contributed by atoms with Crippen LogP contribution in [0.3, 0.4) is 0 Å². The summed E-state index contributed by atoms with van der Waals surface area (Å²) in [6.07, 6.45) is 0.774. The number of carbonyl (C=O) groups excluding carboxylic acids is 3. The Labute approximate surface area is 174 Å². The molecule has 1 fully saturated rings. The summed E-state index contributed by atoms with van der Waals surface area (Å²) in [6.45, 7) is 2.22. The summed E-state index contributed by atoms with van der Waals surface area (Å²) in [5.74, 6) is -4.16. The molecule has 0 aliphatic heterocycles. The fourth-order valence-corrected chi connectivity index (χ4v) is 3.80. The van der Waals surface area contributed by atoms with Crippen LogP contribution in [0.25, 0.3) is 0 Å². The van der Waals surface area contributed by atoms with Crippen molar-refractivity contribution in [3.05, 3.63) is 60.2 Å². The SMILES string of the molecule is CCCN(C(=O)Cc1ccc(Oc2ccccc2)cc1)C1CC(C(=O)[O-])C1C(=O)[O-]. The Bertz CT molecular complexity index is 896. The molecule has 158 valence electrons. The predicted octanol–water partition coefficient (Wildman–Crippen LogP) is 0.764. The minimum atomic E-state index is -1.46. The molecule has 30 heavy (non-hydrogen) atoms. The molecule has 1 amide bonds. The molecular formula is C23H23NO6-2. The molecule has 3 unspecified atom stereocenters. The van der Waals surface area contributed by atoms with Gasteiger partial charge in [-0.05, 0) is 42.7 Å². The minimum Gasteiger partial charge on any atom is -0.550 e. The van der Waals surface area contributed by atoms with E-state index in [1.165, 1.54) is 4.90 Å². The summed E-state index contributed by atoms with van der Waals surface area (Å²) in [4.78, 5) is 36.9. The van der Waals surface area contributed by atoms with Crippen molar-refractivity contribution in [2.45, 2.75) is 32.2 Å². The highest BCUT2D eigenvalue weighted by Crippen LogP contribution is 2.38. The highest BCUT2D eigenvalue weighted by Gasteiger charge is 2.46. The standard InChI is InChI=1S/C23H25NO6/c1-2-12-24(19-14-18(22(26)27)21(19)23(28)29)20(25)13-15-8-10-17(11-9-15)30-16-6-4-3-5-7-16/h3-11,18-19,21H,2,12-14H2,1H3,(H,26,27)(H,28,29)/p-2. The normalized spacial score (nSPS) is 20.1. The first-order valence-electron chi connectivity index (χ1n) is 9.93. The van der Waals surface area contributed by atoms with Crippen molar-refractivity contribution in [2.24, 2.45) is 11.8 Å². The lowest BCUT2D eigenvalue weighted by Crippen LogP contribution is -2.64. The molecule has 7 heteroatoms. The van der Waals surface area contributed by atoms with Crippen LogP contribution >= 0.6 is 0 Å². The largest absolute Gasteiger partial charge is 0.550 e. The van der Waals surface area contributed by atoms with Crippen LogP contribution in [-0.4, -0.2) is 35.3 Å². The summed E-state index contributed by atoms with van der Waals surface area (Å²) in [5.41, 5.74) is 0.752. The summed E-state index contributed by atoms with van der Waals surface area (Å²) in [6, 6.07) is 15.7. The number of carbonyl (C=O) groups is 3. The van der Waals surface area contributed by atoms with E-state index in [9.17, 15) is 24.6 Å². The lowest BCUT2D eigenvalue weighted by atomic mass is 9.68. The van der Waals surface area contributed by atoms with Gasteiger partial charge in [-0.3, -0.25) is 4.79 Å². The molecule has 1 aliphatic rings. The van der Waals surface area contributed by atoms with E-state index < -0.39 is 29.8 Å². The van der Waals surface area contributed by atoms with Crippen LogP contribution in [0.1, 0.15) is 25.3 Å². The summed E-state index contributed by atoms with van der Waals surface area (Å²) in [7, 11) is 0. The molecule has 1 aliphatic carbocycles. The first kappa shape index (κ1) is 21.4. The van der Waals surface area contributed by atoms with Gasteiger partial charge in [0, 0.05) is 36.4 Å². The molecule has 0 bridgehead atoms. The average molecular weight is 409 g/mol. The Morgan fingerprint density at radius 3 is 2.17 bits per heavy atom. The van der Waals surface area contributed by atoms with Crippen molar-refractivity contribution in [1.82, 2.24) is 4.90 Å². The van der Waals surface area contributed by atoms with E-state index >= 15 is 0 Å². The number of carboxylic acids is 2. The second-order valence-corrected chi connectivity index (χ2v) is 7.40. The maximum Gasteiger partial charge on any atom is 0.227 e. The second kappa shape index (κ2) is 9.43. The van der Waals surface area contributed by atoms with Crippen LogP contribution < -0.4 is 14.9 Å². The van der Waals surface area contributed by atoms with Gasteiger partial charge < -0.3 is 29.4 Å². The number of amides is 1. The van der Waals surface area contributed by atoms with E-state index in [-0.39, 0.29) is 18.7 Å². The molecule has 3 rings (SSSR count). The molecule has 2 aromatic rings. The topological polar surface area (TPSA) is 110 Å². The molecule has 0 radical (unpaired) electrons. The van der Waals surface area contributed by atoms with Gasteiger partial charge in [0.1, 0.15) is 11.5 Å². The number of ether oxygens (including phenoxy) is 1. The predicted molar refractivity (Wildman–Crippen MR) is 104 cm³/mol. The molecular weight excluding hydrogens is 386 g/mol. The zero-order valence-corrected chi connectivity index (χ0v) is 16.7. The summed E-state index contributed by atoms with van der Waals surface area (Å²) in [5, 5.41) is 22.6. The number of aliphatic carboxylic acids is 2. The summed E-state index contributed by atoms with van der Waals surface area (Å²) >= 11 is 0. The molecule has 1 saturated carbocycles. The van der Waals surface area contributed by atoms with Gasteiger partial charge in [-0.25, -0.2) is 0 Å². The second-order valence-electron chi connectivity index (χ2n) is 7.40. The van der Waals surface area contributed by atoms with Crippen molar-refractivity contribution >= 4 is 17.8 Å². The summed E-state index contributed by atoms with van der Waals surface area (Å²) < 4.78 is 5.73. The zero-order chi connectivity index (χ0) is 21.7. The number of nitrogens with zero attached hydrogens (tertiary/aromatic N) is 1. The Kier molecular flexibility index (Phi) is 6.72. The number of rotatable bonds is 9. The minimum absolute atomic E-state index is 0.0660. The smallest absolute Gasteiger partial charge is 0.227 e. The van der Waals surface area contributed by atoms with Gasteiger partial charge in [0.05, 0.1) is 6.42 Å². The van der Waals surface area contributed by atoms with Crippen LogP contribution in [0.2, 0.25) is 0 Å². The van der Waals surface area contributed by atoms with Crippen LogP contribution in [-0.2, 0) is 20.8 Å². The van der Waals surface area contributed by atoms with Gasteiger partial charge in [0.2, 0.25) is 5.91 Å². The fourth-order valence-electron chi connectivity index (χ4n) is 3.80. The van der Waals surface area contributed by atoms with Crippen molar-refractivity contribution in [2.75, 3.05) is 6.54 Å². The van der Waals surface area contributed by atoms with Gasteiger partial charge >= 0.3 is 0 Å². The maximum absolute atomic E-state index is 12.9. The molecule has 0 heterocycles. The first-order valence-corrected chi connectivity index (χ1v) is 9.93. The van der Waals surface area contributed by atoms with E-state index in [2.05, 4.69) is 0 Å². The lowest BCUT2D eigenvalue weighted by Gasteiger charge is -2.50. The van der Waals surface area contributed by atoms with Gasteiger partial charge in [-0.15, -0.1) is 0 Å². The third kappa shape index (κ3) is 4.79. The fraction of sp³-hybridized carbons (Fsp3) is 0.348. The van der Waals surface area contributed by atoms with E-state index in [1.54, 1.807) is 24.3 Å². The molecule has 3 atom stereocenters. The Morgan fingerprint density at radius 2 is 1.60 bits per heavy atom. The number of hydrogen-bond donors (Lipinski definition) is 0. The van der Waals surface area contributed by atoms with E-state index in [0.29, 0.717) is 24.5 Å². The van der Waals surface area contributed by atoms with Crippen LogP contribution in [0.5, 0.6) is 11.5 Å². The zero-order valence-electron chi connectivity index (χ0n) is 16.7. The van der Waals surface area contributed by atoms with Crippen LogP contribution in [0.4, 0.5) is 0 Å². The third-order valence-corrected chi connectivity index (χ3v) is 5.36. The van der Waals surface area contributed by atoms with Crippen molar-refractivity contribution < 1.29 is 29.3 Å². The molecule has 7 nitrogen and oxygen atoms in total. The number of carboxylic acid groups (broad SMARTS) is 2. The molecule has 0 saturated heterocycles. The third-order valence-electron chi connectivity index (χ3n) is 5.36. The quantitative estimate of drug-likeness (QED) is 0.605. The lowest BCUT2D eigenvalue weighted by molar-refractivity contribution is -0.336. The van der Waals surface area contributed by atoms with Crippen LogP contribution in [0, 0.1) is 11.8 Å². The highest BCUT2D eigenvalue weighted by molar-refractivity contribution is 5.84. The van der Waals surface area contributed by atoms with Gasteiger partial charge in [0.15, 0.2) is 0 Å². The van der Waals surface area contributed by atoms with Gasteiger partial charge in [-0.1, -0.05) is 37.3 Å². The van der Waals surface area contributed by atoms with E-state index in [0.717, 1.165) is 5.56 Å². The monoisotopic (exact) mass is 409 g/mol. The Hall–Kier alpha value is -3.35. The maximum atomic E-state index is 12.9. The molecule has 0 aromatic heterocycles. The number of para-hydroxylation sites is 1. The van der Waals surface area contributed by atoms with E-state index in [4.69, 9.17) is 4.74 Å². The van der Waals surface area contributed by atoms with Crippen molar-refractivity contribution in [1.29, 1.82) is 0 Å². The van der Waals surface area contributed by atoms with Crippen LogP contribution in [0.15, 0.2) is 54.6 Å². The van der Waals surface area contributed by atoms with Gasteiger partial charge in [-0.2, -0.15) is 0 Å². The Balaban J connectivity index is 1.66. The highest BCUT2D eigenvalue weighted by atomic mass is 16.5. The molecule has 2 aromatic carbocycles. The number of hydrogen-bond acceptors (Lipinski definition) is 6. The first-order chi connectivity index (χ1) is 14.4. The van der Waals surface area contributed by atoms with Crippen molar-refractivity contribution in [3.8, 4) is 11.5 Å². The molecule has 0 N–H and O–H groups in total. The van der Waals surface area contributed by atoms with E-state index in [1.807, 2.05) is 37.3 Å². The Morgan fingerprint density at radius 1 is 0.967 bits per heavy atom. The average Bonchev–Trinajstić information content (AvgIpc) is 2.68.